The predicted molar refractivity (Wildman–Crippen MR) is 149 cm³/mol. The molecule has 0 aliphatic heterocycles. The molecule has 0 unspecified atom stereocenters. The van der Waals surface area contributed by atoms with Crippen molar-refractivity contribution in [3.05, 3.63) is 62.2 Å². The van der Waals surface area contributed by atoms with Gasteiger partial charge in [-0.05, 0) is 54.1 Å². The number of carbonyl (C=O) groups is 1. The van der Waals surface area contributed by atoms with Crippen molar-refractivity contribution in [1.29, 1.82) is 0 Å². The lowest BCUT2D eigenvalue weighted by atomic mass is 9.96. The summed E-state index contributed by atoms with van der Waals surface area (Å²) < 4.78 is 0.817. The summed E-state index contributed by atoms with van der Waals surface area (Å²) in [7, 11) is 0. The minimum Gasteiger partial charge on any atom is -0.506 e. The van der Waals surface area contributed by atoms with E-state index in [0.29, 0.717) is 30.0 Å². The van der Waals surface area contributed by atoms with E-state index in [0.717, 1.165) is 66.2 Å². The van der Waals surface area contributed by atoms with Gasteiger partial charge in [-0.1, -0.05) is 61.9 Å². The molecule has 2 aromatic carbocycles. The number of phenolic OH excluding ortho intramolecular Hbond substituents is 1. The molecular formula is C27H37ClN4O3S. The Morgan fingerprint density at radius 3 is 2.67 bits per heavy atom. The Labute approximate surface area is 221 Å². The molecule has 7 nitrogen and oxygen atoms in total. The monoisotopic (exact) mass is 532 g/mol. The molecule has 0 saturated heterocycles. The molecule has 0 fully saturated rings. The SMILES string of the molecule is CC(C)(C)CN(CCNCCc1ccc(O)c2[nH]c(=O)sc12)CCC(=O)NCCc1cccc(Cl)c1. The molecule has 0 radical (unpaired) electrons. The highest BCUT2D eigenvalue weighted by Crippen LogP contribution is 2.27. The van der Waals surface area contributed by atoms with E-state index < -0.39 is 0 Å². The van der Waals surface area contributed by atoms with Gasteiger partial charge in [-0.25, -0.2) is 0 Å². The topological polar surface area (TPSA) is 97.5 Å². The molecule has 0 aliphatic rings. The number of halogens is 1. The van der Waals surface area contributed by atoms with Crippen LogP contribution in [-0.2, 0) is 17.6 Å². The van der Waals surface area contributed by atoms with E-state index in [1.807, 2.05) is 30.3 Å². The second-order valence-electron chi connectivity index (χ2n) is 10.3. The lowest BCUT2D eigenvalue weighted by molar-refractivity contribution is -0.121. The number of aromatic hydroxyl groups is 1. The van der Waals surface area contributed by atoms with Crippen molar-refractivity contribution in [3.8, 4) is 5.75 Å². The molecule has 4 N–H and O–H groups in total. The number of hydrogen-bond donors (Lipinski definition) is 4. The summed E-state index contributed by atoms with van der Waals surface area (Å²) in [4.78, 5) is 29.0. The summed E-state index contributed by atoms with van der Waals surface area (Å²) in [5.41, 5.74) is 2.80. The van der Waals surface area contributed by atoms with Crippen LogP contribution in [0.25, 0.3) is 10.2 Å². The number of rotatable bonds is 13. The summed E-state index contributed by atoms with van der Waals surface area (Å²) in [6.07, 6.45) is 1.98. The van der Waals surface area contributed by atoms with Gasteiger partial charge in [0.15, 0.2) is 0 Å². The molecule has 9 heteroatoms. The van der Waals surface area contributed by atoms with Crippen molar-refractivity contribution in [2.45, 2.75) is 40.0 Å². The van der Waals surface area contributed by atoms with E-state index in [1.165, 1.54) is 0 Å². The van der Waals surface area contributed by atoms with Gasteiger partial charge < -0.3 is 25.6 Å². The largest absolute Gasteiger partial charge is 0.506 e. The van der Waals surface area contributed by atoms with Crippen molar-refractivity contribution in [1.82, 2.24) is 20.5 Å². The molecule has 1 aromatic heterocycles. The van der Waals surface area contributed by atoms with Gasteiger partial charge in [-0.2, -0.15) is 0 Å². The highest BCUT2D eigenvalue weighted by molar-refractivity contribution is 7.16. The zero-order valence-electron chi connectivity index (χ0n) is 21.3. The number of amides is 1. The molecule has 0 spiro atoms. The first kappa shape index (κ1) is 28.2. The molecule has 196 valence electrons. The van der Waals surface area contributed by atoms with Gasteiger partial charge in [0, 0.05) is 44.2 Å². The minimum absolute atomic E-state index is 0.0609. The number of phenols is 1. The van der Waals surface area contributed by atoms with Gasteiger partial charge in [-0.15, -0.1) is 0 Å². The van der Waals surface area contributed by atoms with E-state index in [4.69, 9.17) is 11.6 Å². The number of aromatic nitrogens is 1. The van der Waals surface area contributed by atoms with E-state index in [9.17, 15) is 14.7 Å². The van der Waals surface area contributed by atoms with Crippen LogP contribution >= 0.6 is 22.9 Å². The smallest absolute Gasteiger partial charge is 0.305 e. The summed E-state index contributed by atoms with van der Waals surface area (Å²) in [5, 5.41) is 17.2. The molecule has 36 heavy (non-hydrogen) atoms. The first-order valence-corrected chi connectivity index (χ1v) is 13.6. The van der Waals surface area contributed by atoms with Crippen LogP contribution in [0.5, 0.6) is 5.75 Å². The third-order valence-corrected chi connectivity index (χ3v) is 6.99. The second-order valence-corrected chi connectivity index (χ2v) is 11.7. The third-order valence-electron chi connectivity index (χ3n) is 5.79. The Morgan fingerprint density at radius 1 is 1.11 bits per heavy atom. The average Bonchev–Trinajstić information content (AvgIpc) is 3.20. The van der Waals surface area contributed by atoms with E-state index in [2.05, 4.69) is 41.3 Å². The highest BCUT2D eigenvalue weighted by atomic mass is 35.5. The van der Waals surface area contributed by atoms with Crippen LogP contribution < -0.4 is 15.5 Å². The average molecular weight is 533 g/mol. The number of H-pyrrole nitrogens is 1. The minimum atomic E-state index is -0.160. The number of thiazole rings is 1. The lowest BCUT2D eigenvalue weighted by Crippen LogP contribution is -2.40. The van der Waals surface area contributed by atoms with Crippen molar-refractivity contribution >= 4 is 39.1 Å². The third kappa shape index (κ3) is 9.24. The molecule has 0 bridgehead atoms. The Balaban J connectivity index is 1.40. The Hall–Kier alpha value is -2.39. The van der Waals surface area contributed by atoms with Gasteiger partial charge in [0.2, 0.25) is 5.91 Å². The normalized spacial score (nSPS) is 11.9. The van der Waals surface area contributed by atoms with Gasteiger partial charge in [0.25, 0.3) is 0 Å². The van der Waals surface area contributed by atoms with Crippen molar-refractivity contribution in [2.24, 2.45) is 5.41 Å². The number of nitrogens with one attached hydrogen (secondary N) is 3. The van der Waals surface area contributed by atoms with Crippen LogP contribution in [-0.4, -0.2) is 60.2 Å². The standard InChI is InChI=1S/C27H37ClN4O3S/c1-27(2,3)18-32(15-11-23(34)30-13-9-19-5-4-6-21(28)17-19)16-14-29-12-10-20-7-8-22(33)24-25(20)36-26(35)31-24/h4-8,17,29,33H,9-16,18H2,1-3H3,(H,30,34)(H,31,35). The molecular weight excluding hydrogens is 496 g/mol. The molecule has 0 aliphatic carbocycles. The lowest BCUT2D eigenvalue weighted by Gasteiger charge is -2.30. The fourth-order valence-corrected chi connectivity index (χ4v) is 5.29. The fraction of sp³-hybridized carbons (Fsp3) is 0.481. The first-order valence-electron chi connectivity index (χ1n) is 12.4. The number of carbonyl (C=O) groups excluding carboxylic acids is 1. The van der Waals surface area contributed by atoms with E-state index in [1.54, 1.807) is 6.07 Å². The van der Waals surface area contributed by atoms with E-state index >= 15 is 0 Å². The van der Waals surface area contributed by atoms with Crippen LogP contribution in [0.2, 0.25) is 5.02 Å². The van der Waals surface area contributed by atoms with Gasteiger partial charge >= 0.3 is 4.87 Å². The van der Waals surface area contributed by atoms with Crippen LogP contribution in [0.15, 0.2) is 41.2 Å². The number of fused-ring (bicyclic) bond motifs is 1. The van der Waals surface area contributed by atoms with Crippen LogP contribution in [0, 0.1) is 5.41 Å². The van der Waals surface area contributed by atoms with E-state index in [-0.39, 0.29) is 21.9 Å². The van der Waals surface area contributed by atoms with Crippen LogP contribution in [0.4, 0.5) is 0 Å². The molecule has 0 atom stereocenters. The Bertz CT molecular complexity index is 1200. The number of hydrogen-bond acceptors (Lipinski definition) is 6. The van der Waals surface area contributed by atoms with Crippen LogP contribution in [0.3, 0.4) is 0 Å². The maximum Gasteiger partial charge on any atom is 0.305 e. The highest BCUT2D eigenvalue weighted by Gasteiger charge is 2.17. The second kappa shape index (κ2) is 13.2. The van der Waals surface area contributed by atoms with Crippen molar-refractivity contribution < 1.29 is 9.90 Å². The van der Waals surface area contributed by atoms with Gasteiger partial charge in [0.05, 0.1) is 4.70 Å². The summed E-state index contributed by atoms with van der Waals surface area (Å²) in [5.74, 6) is 0.164. The maximum atomic E-state index is 12.4. The molecule has 3 rings (SSSR count). The van der Waals surface area contributed by atoms with Gasteiger partial charge in [-0.3, -0.25) is 9.59 Å². The number of nitrogens with zero attached hydrogens (tertiary/aromatic N) is 1. The number of benzene rings is 2. The van der Waals surface area contributed by atoms with Crippen LogP contribution in [0.1, 0.15) is 38.3 Å². The fourth-order valence-electron chi connectivity index (χ4n) is 4.18. The molecule has 1 amide bonds. The van der Waals surface area contributed by atoms with Crippen molar-refractivity contribution in [3.63, 3.8) is 0 Å². The van der Waals surface area contributed by atoms with Crippen molar-refractivity contribution in [2.75, 3.05) is 39.3 Å². The first-order chi connectivity index (χ1) is 17.1. The Kier molecular flexibility index (Phi) is 10.4. The zero-order valence-corrected chi connectivity index (χ0v) is 22.9. The molecule has 1 heterocycles. The maximum absolute atomic E-state index is 12.4. The summed E-state index contributed by atoms with van der Waals surface area (Å²) in [6.45, 7) is 11.2. The quantitative estimate of drug-likeness (QED) is 0.248. The van der Waals surface area contributed by atoms with Gasteiger partial charge in [0.1, 0.15) is 11.3 Å². The predicted octanol–water partition coefficient (Wildman–Crippen LogP) is 4.18. The molecule has 3 aromatic rings. The molecule has 0 saturated carbocycles. The zero-order chi connectivity index (χ0) is 26.1. The summed E-state index contributed by atoms with van der Waals surface area (Å²) >= 11 is 7.16. The summed E-state index contributed by atoms with van der Waals surface area (Å²) in [6, 6.07) is 11.2. The Morgan fingerprint density at radius 2 is 1.92 bits per heavy atom. The number of aromatic amines is 1.